The van der Waals surface area contributed by atoms with Crippen LogP contribution < -0.4 is 10.1 Å². The van der Waals surface area contributed by atoms with Crippen molar-refractivity contribution in [1.29, 1.82) is 0 Å². The second-order valence-corrected chi connectivity index (χ2v) is 5.74. The lowest BCUT2D eigenvalue weighted by Crippen LogP contribution is -2.12. The topological polar surface area (TPSA) is 64.4 Å². The van der Waals surface area contributed by atoms with E-state index in [1.54, 1.807) is 24.5 Å². The van der Waals surface area contributed by atoms with Gasteiger partial charge in [0, 0.05) is 10.9 Å². The molecule has 1 N–H and O–H groups in total. The van der Waals surface area contributed by atoms with E-state index in [1.165, 1.54) is 11.3 Å². The number of ether oxygens (including phenoxy) is 1. The van der Waals surface area contributed by atoms with Gasteiger partial charge in [-0.15, -0.1) is 11.3 Å². The molecule has 5 nitrogen and oxygen atoms in total. The summed E-state index contributed by atoms with van der Waals surface area (Å²) in [6, 6.07) is 8.99. The van der Waals surface area contributed by atoms with E-state index < -0.39 is 0 Å². The molecule has 0 fully saturated rings. The first kappa shape index (κ1) is 15.3. The van der Waals surface area contributed by atoms with Gasteiger partial charge in [-0.05, 0) is 49.7 Å². The van der Waals surface area contributed by atoms with E-state index in [4.69, 9.17) is 9.15 Å². The third-order valence-corrected chi connectivity index (χ3v) is 3.99. The van der Waals surface area contributed by atoms with Gasteiger partial charge < -0.3 is 9.15 Å². The number of nitrogens with one attached hydrogen (secondary N) is 1. The Kier molecular flexibility index (Phi) is 4.43. The molecule has 0 spiro atoms. The summed E-state index contributed by atoms with van der Waals surface area (Å²) in [4.78, 5) is 16.7. The molecule has 6 heteroatoms. The standard InChI is InChI=1S/C17H16N2O3S/c1-3-21-14-7-6-12(9-11(14)2)16(20)19-17-18-13(10-23-17)15-5-4-8-22-15/h4-10H,3H2,1-2H3,(H,18,19,20). The van der Waals surface area contributed by atoms with E-state index in [0.717, 1.165) is 11.3 Å². The summed E-state index contributed by atoms with van der Waals surface area (Å²) >= 11 is 1.36. The van der Waals surface area contributed by atoms with Crippen LogP contribution >= 0.6 is 11.3 Å². The molecule has 0 aliphatic carbocycles. The number of aromatic nitrogens is 1. The van der Waals surface area contributed by atoms with Gasteiger partial charge in [-0.25, -0.2) is 4.98 Å². The fourth-order valence-corrected chi connectivity index (χ4v) is 2.84. The first-order valence-electron chi connectivity index (χ1n) is 7.21. The minimum absolute atomic E-state index is 0.198. The van der Waals surface area contributed by atoms with E-state index >= 15 is 0 Å². The Hall–Kier alpha value is -2.60. The van der Waals surface area contributed by atoms with Crippen molar-refractivity contribution < 1.29 is 13.9 Å². The number of amides is 1. The van der Waals surface area contributed by atoms with Crippen LogP contribution in [0.4, 0.5) is 5.13 Å². The smallest absolute Gasteiger partial charge is 0.257 e. The molecule has 3 aromatic rings. The maximum atomic E-state index is 12.3. The molecule has 0 bridgehead atoms. The van der Waals surface area contributed by atoms with E-state index in [-0.39, 0.29) is 5.91 Å². The minimum atomic E-state index is -0.198. The fourth-order valence-electron chi connectivity index (χ4n) is 2.15. The van der Waals surface area contributed by atoms with Gasteiger partial charge in [0.1, 0.15) is 11.4 Å². The molecular formula is C17H16N2O3S. The molecule has 0 aliphatic heterocycles. The van der Waals surface area contributed by atoms with Crippen molar-refractivity contribution in [2.45, 2.75) is 13.8 Å². The summed E-state index contributed by atoms with van der Waals surface area (Å²) in [6.07, 6.45) is 1.59. The van der Waals surface area contributed by atoms with Crippen molar-refractivity contribution in [2.75, 3.05) is 11.9 Å². The molecule has 3 rings (SSSR count). The summed E-state index contributed by atoms with van der Waals surface area (Å²) in [5.74, 6) is 1.27. The van der Waals surface area contributed by atoms with Crippen LogP contribution in [0.1, 0.15) is 22.8 Å². The maximum absolute atomic E-state index is 12.3. The molecule has 0 saturated carbocycles. The quantitative estimate of drug-likeness (QED) is 0.755. The van der Waals surface area contributed by atoms with Crippen LogP contribution in [0.25, 0.3) is 11.5 Å². The summed E-state index contributed by atoms with van der Waals surface area (Å²) in [7, 11) is 0. The second kappa shape index (κ2) is 6.66. The van der Waals surface area contributed by atoms with Crippen molar-refractivity contribution in [3.05, 3.63) is 53.1 Å². The van der Waals surface area contributed by atoms with Crippen molar-refractivity contribution in [3.63, 3.8) is 0 Å². The molecule has 2 aromatic heterocycles. The summed E-state index contributed by atoms with van der Waals surface area (Å²) in [5, 5.41) is 5.19. The highest BCUT2D eigenvalue weighted by atomic mass is 32.1. The molecular weight excluding hydrogens is 312 g/mol. The molecule has 0 atom stereocenters. The molecule has 0 unspecified atom stereocenters. The number of aryl methyl sites for hydroxylation is 1. The number of benzene rings is 1. The molecule has 118 valence electrons. The molecule has 1 aromatic carbocycles. The zero-order valence-corrected chi connectivity index (χ0v) is 13.6. The van der Waals surface area contributed by atoms with Crippen LogP contribution in [0.3, 0.4) is 0 Å². The average Bonchev–Trinajstić information content (AvgIpc) is 3.20. The first-order chi connectivity index (χ1) is 11.2. The molecule has 1 amide bonds. The third kappa shape index (κ3) is 3.43. The van der Waals surface area contributed by atoms with Gasteiger partial charge in [0.15, 0.2) is 10.9 Å². The number of carbonyl (C=O) groups is 1. The van der Waals surface area contributed by atoms with E-state index in [0.29, 0.717) is 28.8 Å². The number of carbonyl (C=O) groups excluding carboxylic acids is 1. The van der Waals surface area contributed by atoms with Crippen molar-refractivity contribution >= 4 is 22.4 Å². The van der Waals surface area contributed by atoms with Crippen LogP contribution in [-0.4, -0.2) is 17.5 Å². The lowest BCUT2D eigenvalue weighted by molar-refractivity contribution is 0.102. The minimum Gasteiger partial charge on any atom is -0.494 e. The normalized spacial score (nSPS) is 10.5. The zero-order chi connectivity index (χ0) is 16.2. The Balaban J connectivity index is 1.73. The molecule has 23 heavy (non-hydrogen) atoms. The molecule has 0 saturated heterocycles. The van der Waals surface area contributed by atoms with E-state index in [1.807, 2.05) is 31.4 Å². The van der Waals surface area contributed by atoms with Gasteiger partial charge in [-0.1, -0.05) is 0 Å². The van der Waals surface area contributed by atoms with Gasteiger partial charge >= 0.3 is 0 Å². The Morgan fingerprint density at radius 1 is 1.39 bits per heavy atom. The first-order valence-corrected chi connectivity index (χ1v) is 8.09. The number of furan rings is 1. The summed E-state index contributed by atoms with van der Waals surface area (Å²) < 4.78 is 10.8. The summed E-state index contributed by atoms with van der Waals surface area (Å²) in [5.41, 5.74) is 2.20. The monoisotopic (exact) mass is 328 g/mol. The molecule has 0 aliphatic rings. The number of nitrogens with zero attached hydrogens (tertiary/aromatic N) is 1. The number of rotatable bonds is 5. The Morgan fingerprint density at radius 3 is 2.96 bits per heavy atom. The SMILES string of the molecule is CCOc1ccc(C(=O)Nc2nc(-c3ccco3)cs2)cc1C. The van der Waals surface area contributed by atoms with Crippen LogP contribution in [0.5, 0.6) is 5.75 Å². The Morgan fingerprint density at radius 2 is 2.26 bits per heavy atom. The van der Waals surface area contributed by atoms with Gasteiger partial charge in [0.2, 0.25) is 0 Å². The van der Waals surface area contributed by atoms with Crippen LogP contribution in [0, 0.1) is 6.92 Å². The maximum Gasteiger partial charge on any atom is 0.257 e. The summed E-state index contributed by atoms with van der Waals surface area (Å²) in [6.45, 7) is 4.44. The number of hydrogen-bond acceptors (Lipinski definition) is 5. The van der Waals surface area contributed by atoms with Crippen molar-refractivity contribution in [1.82, 2.24) is 4.98 Å². The van der Waals surface area contributed by atoms with Crippen molar-refractivity contribution in [3.8, 4) is 17.2 Å². The largest absolute Gasteiger partial charge is 0.494 e. The van der Waals surface area contributed by atoms with Gasteiger partial charge in [-0.3, -0.25) is 10.1 Å². The van der Waals surface area contributed by atoms with Gasteiger partial charge in [0.05, 0.1) is 12.9 Å². The van der Waals surface area contributed by atoms with Crippen LogP contribution in [0.15, 0.2) is 46.4 Å². The predicted octanol–water partition coefficient (Wildman–Crippen LogP) is 4.36. The number of hydrogen-bond donors (Lipinski definition) is 1. The van der Waals surface area contributed by atoms with Crippen molar-refractivity contribution in [2.24, 2.45) is 0 Å². The van der Waals surface area contributed by atoms with Crippen LogP contribution in [-0.2, 0) is 0 Å². The average molecular weight is 328 g/mol. The molecule has 2 heterocycles. The second-order valence-electron chi connectivity index (χ2n) is 4.88. The third-order valence-electron chi connectivity index (χ3n) is 3.24. The predicted molar refractivity (Wildman–Crippen MR) is 90.1 cm³/mol. The Labute approximate surface area is 137 Å². The van der Waals surface area contributed by atoms with Gasteiger partial charge in [0.25, 0.3) is 5.91 Å². The molecule has 0 radical (unpaired) electrons. The zero-order valence-electron chi connectivity index (χ0n) is 12.8. The highest BCUT2D eigenvalue weighted by molar-refractivity contribution is 7.14. The highest BCUT2D eigenvalue weighted by Crippen LogP contribution is 2.26. The van der Waals surface area contributed by atoms with Crippen LogP contribution in [0.2, 0.25) is 0 Å². The van der Waals surface area contributed by atoms with E-state index in [2.05, 4.69) is 10.3 Å². The fraction of sp³-hybridized carbons (Fsp3) is 0.176. The number of thiazole rings is 1. The number of anilines is 1. The Bertz CT molecular complexity index is 809. The van der Waals surface area contributed by atoms with E-state index in [9.17, 15) is 4.79 Å². The lowest BCUT2D eigenvalue weighted by Gasteiger charge is -2.08. The lowest BCUT2D eigenvalue weighted by atomic mass is 10.1. The van der Waals surface area contributed by atoms with Gasteiger partial charge in [-0.2, -0.15) is 0 Å². The highest BCUT2D eigenvalue weighted by Gasteiger charge is 2.12.